The van der Waals surface area contributed by atoms with Crippen molar-refractivity contribution < 1.29 is 40.9 Å². The van der Waals surface area contributed by atoms with Crippen LogP contribution in [0.15, 0.2) is 0 Å². The van der Waals surface area contributed by atoms with E-state index in [0.717, 1.165) is 0 Å². The maximum absolute atomic E-state index is 9.84. The van der Waals surface area contributed by atoms with Crippen LogP contribution < -0.4 is 0 Å². The van der Waals surface area contributed by atoms with Gasteiger partial charge in [-0.2, -0.15) is 0 Å². The van der Waals surface area contributed by atoms with Crippen molar-refractivity contribution >= 4 is 34.1 Å². The molecule has 10 heteroatoms. The Morgan fingerprint density at radius 3 is 1.15 bits per heavy atom. The molecule has 0 aliphatic carbocycles. The molecule has 0 aliphatic heterocycles. The molecule has 0 rings (SSSR count). The van der Waals surface area contributed by atoms with Gasteiger partial charge in [0.15, 0.2) is 0 Å². The first-order valence-corrected chi connectivity index (χ1v) is 4.74. The molecular formula is C3H3AsO9. The Kier molecular flexibility index (Phi) is 4.45. The molecule has 0 unspecified atom stereocenters. The molecule has 0 aromatic heterocycles. The predicted molar refractivity (Wildman–Crippen MR) is 33.1 cm³/mol. The summed E-state index contributed by atoms with van der Waals surface area (Å²) in [6.07, 6.45) is -5.62. The Labute approximate surface area is 75.7 Å². The van der Waals surface area contributed by atoms with E-state index in [1.54, 1.807) is 0 Å². The average molecular weight is 258 g/mol. The van der Waals surface area contributed by atoms with Crippen LogP contribution in [0, 0.1) is 0 Å². The summed E-state index contributed by atoms with van der Waals surface area (Å²) >= 11 is -3.77. The Morgan fingerprint density at radius 1 is 0.769 bits per heavy atom. The average Bonchev–Trinajstić information content (AvgIpc) is 1.80. The van der Waals surface area contributed by atoms with Gasteiger partial charge in [0.25, 0.3) is 0 Å². The van der Waals surface area contributed by atoms with Gasteiger partial charge in [-0.1, -0.05) is 0 Å². The van der Waals surface area contributed by atoms with Crippen LogP contribution in [0.4, 0.5) is 14.4 Å². The van der Waals surface area contributed by atoms with Gasteiger partial charge < -0.3 is 0 Å². The Bertz CT molecular complexity index is 185. The van der Waals surface area contributed by atoms with E-state index in [9.17, 15) is 14.4 Å². The molecule has 9 nitrogen and oxygen atoms in total. The van der Waals surface area contributed by atoms with Crippen LogP contribution in [-0.4, -0.2) is 49.5 Å². The van der Waals surface area contributed by atoms with Gasteiger partial charge in [-0.3, -0.25) is 0 Å². The predicted octanol–water partition coefficient (Wildman–Crippen LogP) is 0.0551. The number of hydrogen-bond acceptors (Lipinski definition) is 6. The van der Waals surface area contributed by atoms with E-state index in [4.69, 9.17) is 15.3 Å². The van der Waals surface area contributed by atoms with Crippen molar-refractivity contribution in [1.82, 2.24) is 0 Å². The summed E-state index contributed by atoms with van der Waals surface area (Å²) in [6.45, 7) is 0. The van der Waals surface area contributed by atoms with E-state index >= 15 is 0 Å². The zero-order valence-corrected chi connectivity index (χ0v) is 7.61. The van der Waals surface area contributed by atoms with Crippen molar-refractivity contribution in [3.63, 3.8) is 0 Å². The third-order valence-electron chi connectivity index (χ3n) is 0.458. The van der Waals surface area contributed by atoms with E-state index < -0.39 is 34.1 Å². The molecule has 0 radical (unpaired) electrons. The van der Waals surface area contributed by atoms with Crippen LogP contribution in [0.3, 0.4) is 0 Å². The molecule has 0 aromatic carbocycles. The van der Waals surface area contributed by atoms with Gasteiger partial charge in [0.2, 0.25) is 0 Å². The fraction of sp³-hybridized carbons (Fsp3) is 0. The van der Waals surface area contributed by atoms with E-state index in [0.29, 0.717) is 0 Å². The number of carbonyl (C=O) groups is 3. The molecule has 0 heterocycles. The van der Waals surface area contributed by atoms with Crippen LogP contribution in [0.25, 0.3) is 0 Å². The molecule has 74 valence electrons. The zero-order chi connectivity index (χ0) is 10.4. The van der Waals surface area contributed by atoms with Gasteiger partial charge in [0, 0.05) is 0 Å². The monoisotopic (exact) mass is 258 g/mol. The summed E-state index contributed by atoms with van der Waals surface area (Å²) in [5.74, 6) is 0. The first-order valence-electron chi connectivity index (χ1n) is 2.44. The summed E-state index contributed by atoms with van der Waals surface area (Å²) < 4.78 is 11.2. The number of hydrogen-bond donors (Lipinski definition) is 3. The van der Waals surface area contributed by atoms with Gasteiger partial charge in [0.05, 0.1) is 0 Å². The van der Waals surface area contributed by atoms with Crippen LogP contribution in [0.5, 0.6) is 0 Å². The van der Waals surface area contributed by atoms with Crippen molar-refractivity contribution in [2.24, 2.45) is 0 Å². The molecular weight excluding hydrogens is 255 g/mol. The Hall–Kier alpha value is -1.63. The molecule has 0 saturated heterocycles. The summed E-state index contributed by atoms with van der Waals surface area (Å²) in [7, 11) is 0. The fourth-order valence-electron chi connectivity index (χ4n) is 0.247. The van der Waals surface area contributed by atoms with E-state index in [-0.39, 0.29) is 0 Å². The van der Waals surface area contributed by atoms with E-state index in [2.05, 4.69) is 11.2 Å². The van der Waals surface area contributed by atoms with Crippen molar-refractivity contribution in [2.45, 2.75) is 0 Å². The minimum atomic E-state index is -3.77. The van der Waals surface area contributed by atoms with Crippen molar-refractivity contribution in [3.8, 4) is 0 Å². The molecule has 0 saturated carbocycles. The Morgan fingerprint density at radius 2 is 1.00 bits per heavy atom. The summed E-state index contributed by atoms with van der Waals surface area (Å²) in [6, 6.07) is 0. The third-order valence-corrected chi connectivity index (χ3v) is 2.38. The molecule has 0 aliphatic rings. The SMILES string of the molecule is O=C(O)O[As](OC(=O)O)OC(=O)O. The van der Waals surface area contributed by atoms with Gasteiger partial charge in [-0.05, 0) is 0 Å². The Balaban J connectivity index is 4.10. The normalized spacial score (nSPS) is 9.00. The number of rotatable bonds is 3. The molecule has 13 heavy (non-hydrogen) atoms. The van der Waals surface area contributed by atoms with Crippen LogP contribution in [0.2, 0.25) is 0 Å². The second-order valence-electron chi connectivity index (χ2n) is 1.30. The second kappa shape index (κ2) is 5.09. The van der Waals surface area contributed by atoms with Gasteiger partial charge in [-0.15, -0.1) is 0 Å². The minimum absolute atomic E-state index is 1.87. The van der Waals surface area contributed by atoms with Crippen molar-refractivity contribution in [1.29, 1.82) is 0 Å². The molecule has 3 N–H and O–H groups in total. The first kappa shape index (κ1) is 11.4. The van der Waals surface area contributed by atoms with Gasteiger partial charge in [0.1, 0.15) is 0 Å². The zero-order valence-electron chi connectivity index (χ0n) is 5.74. The summed E-state index contributed by atoms with van der Waals surface area (Å²) in [4.78, 5) is 29.5. The van der Waals surface area contributed by atoms with Crippen molar-refractivity contribution in [3.05, 3.63) is 0 Å². The van der Waals surface area contributed by atoms with Crippen molar-refractivity contribution in [2.75, 3.05) is 0 Å². The maximum atomic E-state index is 9.84. The summed E-state index contributed by atoms with van der Waals surface area (Å²) in [5, 5.41) is 23.9. The van der Waals surface area contributed by atoms with Crippen LogP contribution in [-0.2, 0) is 11.2 Å². The molecule has 0 spiro atoms. The topological polar surface area (TPSA) is 140 Å². The fourth-order valence-corrected chi connectivity index (χ4v) is 1.28. The molecule has 0 atom stereocenters. The third kappa shape index (κ3) is 6.75. The second-order valence-corrected chi connectivity index (χ2v) is 3.38. The first-order chi connectivity index (χ1) is 5.91. The standard InChI is InChI=1S/C3H3AsO9/c5-1(6)11-4(12-2(7)8)13-3(9)10/h(H,5,6)(H,7,8)(H,9,10). The van der Waals surface area contributed by atoms with E-state index in [1.165, 1.54) is 0 Å². The molecule has 0 bridgehead atoms. The number of carboxylic acid groups (broad SMARTS) is 3. The van der Waals surface area contributed by atoms with E-state index in [1.807, 2.05) is 0 Å². The molecule has 0 aromatic rings. The summed E-state index contributed by atoms with van der Waals surface area (Å²) in [5.41, 5.74) is 0. The van der Waals surface area contributed by atoms with Crippen LogP contribution >= 0.6 is 0 Å². The van der Waals surface area contributed by atoms with Crippen LogP contribution in [0.1, 0.15) is 0 Å². The quantitative estimate of drug-likeness (QED) is 0.599. The molecule has 0 fully saturated rings. The van der Waals surface area contributed by atoms with Gasteiger partial charge in [-0.25, -0.2) is 0 Å². The molecule has 0 amide bonds. The van der Waals surface area contributed by atoms with Gasteiger partial charge >= 0.3 is 75.0 Å².